The first kappa shape index (κ1) is 13.5. The molecule has 0 fully saturated rings. The Balaban J connectivity index is 2.21. The van der Waals surface area contributed by atoms with Crippen molar-refractivity contribution in [3.63, 3.8) is 0 Å². The summed E-state index contributed by atoms with van der Waals surface area (Å²) in [5.41, 5.74) is 1.62. The third-order valence-corrected chi connectivity index (χ3v) is 3.96. The Morgan fingerprint density at radius 3 is 3.00 bits per heavy atom. The second-order valence-electron chi connectivity index (χ2n) is 3.72. The topological polar surface area (TPSA) is 66.5 Å². The zero-order valence-electron chi connectivity index (χ0n) is 10.6. The van der Waals surface area contributed by atoms with Crippen molar-refractivity contribution in [3.8, 4) is 0 Å². The van der Waals surface area contributed by atoms with Gasteiger partial charge >= 0.3 is 0 Å². The number of anilines is 1. The van der Waals surface area contributed by atoms with Gasteiger partial charge in [-0.15, -0.1) is 0 Å². The molecule has 0 aliphatic carbocycles. The molecule has 0 saturated carbocycles. The quantitative estimate of drug-likeness (QED) is 0.462. The second-order valence-corrected chi connectivity index (χ2v) is 5.77. The first-order valence-corrected chi connectivity index (χ1v) is 8.29. The van der Waals surface area contributed by atoms with Crippen molar-refractivity contribution in [1.82, 2.24) is 19.9 Å². The summed E-state index contributed by atoms with van der Waals surface area (Å²) in [6, 6.07) is 0. The van der Waals surface area contributed by atoms with Gasteiger partial charge in [0.05, 0.1) is 6.33 Å². The Labute approximate surface area is 115 Å². The van der Waals surface area contributed by atoms with E-state index in [-0.39, 0.29) is 0 Å². The molecule has 2 heterocycles. The van der Waals surface area contributed by atoms with Crippen LogP contribution < -0.4 is 5.32 Å². The normalized spacial score (nSPS) is 11.0. The highest BCUT2D eigenvalue weighted by Crippen LogP contribution is 2.22. The third-order valence-electron chi connectivity index (χ3n) is 2.29. The van der Waals surface area contributed by atoms with E-state index in [1.54, 1.807) is 18.1 Å². The van der Waals surface area contributed by atoms with Crippen LogP contribution in [-0.2, 0) is 0 Å². The van der Waals surface area contributed by atoms with Crippen molar-refractivity contribution in [1.29, 1.82) is 0 Å². The number of hydrogen-bond acceptors (Lipinski definition) is 6. The van der Waals surface area contributed by atoms with Crippen molar-refractivity contribution >= 4 is 40.5 Å². The van der Waals surface area contributed by atoms with Gasteiger partial charge in [-0.3, -0.25) is 0 Å². The van der Waals surface area contributed by atoms with Gasteiger partial charge in [-0.1, -0.05) is 18.7 Å². The van der Waals surface area contributed by atoms with Gasteiger partial charge in [0.25, 0.3) is 0 Å². The Hall–Kier alpha value is -0.950. The maximum Gasteiger partial charge on any atom is 0.191 e. The molecule has 0 aliphatic rings. The molecule has 2 aromatic rings. The summed E-state index contributed by atoms with van der Waals surface area (Å²) in [4.78, 5) is 16.3. The number of rotatable bonds is 7. The number of fused-ring (bicyclic) bond motifs is 1. The molecule has 98 valence electrons. The maximum atomic E-state index is 4.53. The first-order valence-electron chi connectivity index (χ1n) is 5.92. The van der Waals surface area contributed by atoms with Crippen LogP contribution in [0.5, 0.6) is 0 Å². The predicted octanol–water partition coefficient (Wildman–Crippen LogP) is 2.63. The molecule has 0 atom stereocenters. The number of hydrogen-bond donors (Lipinski definition) is 2. The van der Waals surface area contributed by atoms with Crippen LogP contribution >= 0.6 is 23.5 Å². The minimum Gasteiger partial charge on any atom is -0.367 e. The highest BCUT2D eigenvalue weighted by molar-refractivity contribution is 7.99. The number of H-pyrrole nitrogens is 1. The number of nitrogens with zero attached hydrogens (tertiary/aromatic N) is 3. The number of aromatic amines is 1. The molecule has 0 radical (unpaired) electrons. The summed E-state index contributed by atoms with van der Waals surface area (Å²) in [6.07, 6.45) is 4.87. The van der Waals surface area contributed by atoms with Crippen LogP contribution in [0, 0.1) is 0 Å². The Morgan fingerprint density at radius 1 is 1.33 bits per heavy atom. The van der Waals surface area contributed by atoms with Gasteiger partial charge in [0.15, 0.2) is 16.6 Å². The van der Waals surface area contributed by atoms with Crippen molar-refractivity contribution in [2.75, 3.05) is 29.6 Å². The van der Waals surface area contributed by atoms with Crippen LogP contribution in [0.2, 0.25) is 0 Å². The maximum absolute atomic E-state index is 4.53. The summed E-state index contributed by atoms with van der Waals surface area (Å²) in [6.45, 7) is 3.04. The summed E-state index contributed by atoms with van der Waals surface area (Å²) >= 11 is 3.48. The first-order chi connectivity index (χ1) is 8.85. The molecule has 0 aliphatic heterocycles. The van der Waals surface area contributed by atoms with Crippen LogP contribution in [0.15, 0.2) is 11.5 Å². The lowest BCUT2D eigenvalue weighted by Crippen LogP contribution is -2.07. The van der Waals surface area contributed by atoms with Crippen LogP contribution in [0.1, 0.15) is 13.3 Å². The lowest BCUT2D eigenvalue weighted by atomic mass is 10.5. The van der Waals surface area contributed by atoms with Crippen molar-refractivity contribution < 1.29 is 0 Å². The fourth-order valence-corrected chi connectivity index (χ4v) is 2.47. The molecule has 2 rings (SSSR count). The zero-order valence-corrected chi connectivity index (χ0v) is 12.2. The van der Waals surface area contributed by atoms with E-state index in [9.17, 15) is 0 Å². The van der Waals surface area contributed by atoms with Crippen LogP contribution in [-0.4, -0.2) is 44.2 Å². The summed E-state index contributed by atoms with van der Waals surface area (Å²) in [5, 5.41) is 4.13. The van der Waals surface area contributed by atoms with Gasteiger partial charge in [0.2, 0.25) is 0 Å². The largest absolute Gasteiger partial charge is 0.367 e. The minimum absolute atomic E-state index is 0.801. The average molecular weight is 283 g/mol. The molecule has 0 spiro atoms. The fraction of sp³-hybridized carbons (Fsp3) is 0.545. The Bertz CT molecular complexity index is 499. The van der Waals surface area contributed by atoms with E-state index in [1.165, 1.54) is 0 Å². The highest BCUT2D eigenvalue weighted by atomic mass is 32.2. The zero-order chi connectivity index (χ0) is 12.8. The molecular formula is C11H17N5S2. The van der Waals surface area contributed by atoms with E-state index < -0.39 is 0 Å². The summed E-state index contributed by atoms with van der Waals surface area (Å²) in [5.74, 6) is 2.91. The predicted molar refractivity (Wildman–Crippen MR) is 79.6 cm³/mol. The monoisotopic (exact) mass is 283 g/mol. The Morgan fingerprint density at radius 2 is 2.22 bits per heavy atom. The Kier molecular flexibility index (Phi) is 5.12. The lowest BCUT2D eigenvalue weighted by Gasteiger charge is -2.06. The minimum atomic E-state index is 0.801. The number of imidazole rings is 1. The van der Waals surface area contributed by atoms with E-state index >= 15 is 0 Å². The molecule has 5 nitrogen and oxygen atoms in total. The number of thioether (sulfide) groups is 2. The summed E-state index contributed by atoms with van der Waals surface area (Å²) < 4.78 is 0. The standard InChI is InChI=1S/C11H17N5S2/c1-3-5-18-11-15-9(12-4-6-17-2)8-10(16-11)14-7-13-8/h7H,3-6H2,1-2H3,(H2,12,13,14,15,16). The number of nitrogens with one attached hydrogen (secondary N) is 2. The lowest BCUT2D eigenvalue weighted by molar-refractivity contribution is 0.978. The van der Waals surface area contributed by atoms with Gasteiger partial charge in [0, 0.05) is 18.1 Å². The van der Waals surface area contributed by atoms with E-state index in [0.29, 0.717) is 0 Å². The molecule has 0 saturated heterocycles. The van der Waals surface area contributed by atoms with Crippen molar-refractivity contribution in [3.05, 3.63) is 6.33 Å². The van der Waals surface area contributed by atoms with Gasteiger partial charge in [-0.2, -0.15) is 11.8 Å². The molecule has 0 bridgehead atoms. The molecule has 0 amide bonds. The van der Waals surface area contributed by atoms with E-state index in [0.717, 1.165) is 46.6 Å². The van der Waals surface area contributed by atoms with Crippen molar-refractivity contribution in [2.45, 2.75) is 18.5 Å². The van der Waals surface area contributed by atoms with Crippen LogP contribution in [0.4, 0.5) is 5.82 Å². The SMILES string of the molecule is CCCSc1nc(NCCSC)c2nc[nH]c2n1. The van der Waals surface area contributed by atoms with E-state index in [1.807, 2.05) is 11.8 Å². The molecule has 0 unspecified atom stereocenters. The smallest absolute Gasteiger partial charge is 0.191 e. The highest BCUT2D eigenvalue weighted by Gasteiger charge is 2.09. The van der Waals surface area contributed by atoms with Gasteiger partial charge < -0.3 is 10.3 Å². The molecule has 0 aromatic carbocycles. The van der Waals surface area contributed by atoms with Gasteiger partial charge in [-0.25, -0.2) is 15.0 Å². The second kappa shape index (κ2) is 6.84. The molecule has 2 N–H and O–H groups in total. The molecule has 2 aromatic heterocycles. The average Bonchev–Trinajstić information content (AvgIpc) is 2.85. The van der Waals surface area contributed by atoms with Gasteiger partial charge in [-0.05, 0) is 12.7 Å². The van der Waals surface area contributed by atoms with Crippen molar-refractivity contribution in [2.24, 2.45) is 0 Å². The fourth-order valence-electron chi connectivity index (χ4n) is 1.47. The van der Waals surface area contributed by atoms with E-state index in [4.69, 9.17) is 0 Å². The third kappa shape index (κ3) is 3.29. The van der Waals surface area contributed by atoms with Gasteiger partial charge in [0.1, 0.15) is 5.52 Å². The van der Waals surface area contributed by atoms with E-state index in [2.05, 4.69) is 38.4 Å². The molecule has 7 heteroatoms. The summed E-state index contributed by atoms with van der Waals surface area (Å²) in [7, 11) is 0. The number of aromatic nitrogens is 4. The molecular weight excluding hydrogens is 266 g/mol. The molecule has 18 heavy (non-hydrogen) atoms. The van der Waals surface area contributed by atoms with Crippen LogP contribution in [0.3, 0.4) is 0 Å². The van der Waals surface area contributed by atoms with Crippen LogP contribution in [0.25, 0.3) is 11.2 Å².